The van der Waals surface area contributed by atoms with Gasteiger partial charge in [-0.15, -0.1) is 21.5 Å². The molecule has 0 atom stereocenters. The van der Waals surface area contributed by atoms with E-state index in [1.807, 2.05) is 48.5 Å². The van der Waals surface area contributed by atoms with Crippen molar-refractivity contribution in [3.8, 4) is 0 Å². The Balaban J connectivity index is 1.36. The summed E-state index contributed by atoms with van der Waals surface area (Å²) in [5.41, 5.74) is 1.82. The summed E-state index contributed by atoms with van der Waals surface area (Å²) in [6.07, 6.45) is 0. The first kappa shape index (κ1) is 19.9. The third-order valence-corrected chi connectivity index (χ3v) is 7.24. The maximum Gasteiger partial charge on any atom is 0.234 e. The summed E-state index contributed by atoms with van der Waals surface area (Å²) in [6, 6.07) is 17.6. The van der Waals surface area contributed by atoms with E-state index in [1.54, 1.807) is 23.1 Å². The quantitative estimate of drug-likeness (QED) is 0.391. The van der Waals surface area contributed by atoms with Crippen LogP contribution >= 0.6 is 34.9 Å². The number of thiazole rings is 1. The minimum Gasteiger partial charge on any atom is -0.325 e. The number of carbonyl (C=O) groups excluding carboxylic acids is 1. The number of nitrogens with one attached hydrogen (secondary N) is 1. The minimum atomic E-state index is -0.0581. The average Bonchev–Trinajstić information content (AvgIpc) is 3.34. The number of benzene rings is 2. The predicted molar refractivity (Wildman–Crippen MR) is 121 cm³/mol. The van der Waals surface area contributed by atoms with Crippen molar-refractivity contribution in [3.63, 3.8) is 0 Å². The first-order chi connectivity index (χ1) is 14.2. The SMILES string of the molecule is CCn1c(CSc2nc3ccccc3s2)nnc1SCC(=O)Nc1ccccc1. The molecule has 6 nitrogen and oxygen atoms in total. The van der Waals surface area contributed by atoms with Crippen LogP contribution in [0, 0.1) is 0 Å². The zero-order valence-corrected chi connectivity index (χ0v) is 18.2. The van der Waals surface area contributed by atoms with Gasteiger partial charge in [-0.25, -0.2) is 4.98 Å². The molecular weight excluding hydrogens is 422 g/mol. The van der Waals surface area contributed by atoms with Crippen LogP contribution in [0.5, 0.6) is 0 Å². The second-order valence-electron chi connectivity index (χ2n) is 6.08. The van der Waals surface area contributed by atoms with Crippen molar-refractivity contribution in [2.45, 2.75) is 28.7 Å². The summed E-state index contributed by atoms with van der Waals surface area (Å²) in [5, 5.41) is 12.3. The number of para-hydroxylation sites is 2. The molecule has 1 amide bonds. The van der Waals surface area contributed by atoms with Crippen LogP contribution in [0.3, 0.4) is 0 Å². The highest BCUT2D eigenvalue weighted by Crippen LogP contribution is 2.31. The number of fused-ring (bicyclic) bond motifs is 1. The molecule has 0 unspecified atom stereocenters. The highest BCUT2D eigenvalue weighted by Gasteiger charge is 2.14. The Bertz CT molecular complexity index is 1080. The zero-order valence-electron chi connectivity index (χ0n) is 15.7. The van der Waals surface area contributed by atoms with E-state index in [1.165, 1.54) is 16.5 Å². The number of hydrogen-bond acceptors (Lipinski definition) is 7. The number of aromatic nitrogens is 4. The normalized spacial score (nSPS) is 11.1. The van der Waals surface area contributed by atoms with E-state index in [2.05, 4.69) is 38.1 Å². The first-order valence-corrected chi connectivity index (χ1v) is 11.9. The van der Waals surface area contributed by atoms with Crippen LogP contribution in [-0.2, 0) is 17.1 Å². The predicted octanol–water partition coefficient (Wildman–Crippen LogP) is 4.93. The maximum absolute atomic E-state index is 12.2. The van der Waals surface area contributed by atoms with E-state index in [0.29, 0.717) is 5.75 Å². The largest absolute Gasteiger partial charge is 0.325 e. The number of carbonyl (C=O) groups is 1. The van der Waals surface area contributed by atoms with Gasteiger partial charge in [-0.05, 0) is 31.2 Å². The number of thioether (sulfide) groups is 2. The molecule has 2 aromatic carbocycles. The Hall–Kier alpha value is -2.36. The molecule has 4 aromatic rings. The van der Waals surface area contributed by atoms with Gasteiger partial charge in [0, 0.05) is 12.2 Å². The van der Waals surface area contributed by atoms with Gasteiger partial charge in [-0.2, -0.15) is 0 Å². The minimum absolute atomic E-state index is 0.0581. The molecule has 4 rings (SSSR count). The van der Waals surface area contributed by atoms with Crippen LogP contribution < -0.4 is 5.32 Å². The van der Waals surface area contributed by atoms with Crippen LogP contribution in [0.1, 0.15) is 12.7 Å². The summed E-state index contributed by atoms with van der Waals surface area (Å²) in [6.45, 7) is 2.81. The lowest BCUT2D eigenvalue weighted by molar-refractivity contribution is -0.113. The summed E-state index contributed by atoms with van der Waals surface area (Å²) in [5.74, 6) is 1.81. The van der Waals surface area contributed by atoms with E-state index in [9.17, 15) is 4.79 Å². The lowest BCUT2D eigenvalue weighted by Gasteiger charge is -2.07. The maximum atomic E-state index is 12.2. The van der Waals surface area contributed by atoms with Gasteiger partial charge in [0.2, 0.25) is 5.91 Å². The van der Waals surface area contributed by atoms with Gasteiger partial charge in [0.05, 0.1) is 21.7 Å². The van der Waals surface area contributed by atoms with Crippen molar-refractivity contribution in [1.29, 1.82) is 0 Å². The second kappa shape index (κ2) is 9.43. The number of anilines is 1. The Morgan fingerprint density at radius 1 is 1.07 bits per heavy atom. The molecule has 0 spiro atoms. The van der Waals surface area contributed by atoms with Crippen molar-refractivity contribution in [1.82, 2.24) is 19.7 Å². The Morgan fingerprint density at radius 3 is 2.66 bits per heavy atom. The molecule has 0 bridgehead atoms. The smallest absolute Gasteiger partial charge is 0.234 e. The van der Waals surface area contributed by atoms with E-state index in [0.717, 1.165) is 33.1 Å². The third kappa shape index (κ3) is 4.98. The topological polar surface area (TPSA) is 72.7 Å². The lowest BCUT2D eigenvalue weighted by atomic mass is 10.3. The Labute approximate surface area is 181 Å². The molecule has 148 valence electrons. The van der Waals surface area contributed by atoms with Gasteiger partial charge in [0.1, 0.15) is 5.82 Å². The summed E-state index contributed by atoms with van der Waals surface area (Å²) in [4.78, 5) is 16.8. The van der Waals surface area contributed by atoms with E-state index >= 15 is 0 Å². The van der Waals surface area contributed by atoms with Crippen molar-refractivity contribution in [2.24, 2.45) is 0 Å². The summed E-state index contributed by atoms with van der Waals surface area (Å²) >= 11 is 4.75. The fraction of sp³-hybridized carbons (Fsp3) is 0.200. The number of nitrogens with zero attached hydrogens (tertiary/aromatic N) is 4. The second-order valence-corrected chi connectivity index (χ2v) is 9.28. The van der Waals surface area contributed by atoms with Gasteiger partial charge in [-0.3, -0.25) is 4.79 Å². The number of rotatable bonds is 8. The molecule has 2 heterocycles. The Morgan fingerprint density at radius 2 is 1.86 bits per heavy atom. The molecule has 0 aliphatic rings. The molecule has 9 heteroatoms. The molecule has 0 fully saturated rings. The molecular formula is C20H19N5OS3. The lowest BCUT2D eigenvalue weighted by Crippen LogP contribution is -2.14. The van der Waals surface area contributed by atoms with Crippen LogP contribution in [-0.4, -0.2) is 31.4 Å². The van der Waals surface area contributed by atoms with Crippen molar-refractivity contribution in [2.75, 3.05) is 11.1 Å². The van der Waals surface area contributed by atoms with E-state index < -0.39 is 0 Å². The van der Waals surface area contributed by atoms with Gasteiger partial charge >= 0.3 is 0 Å². The van der Waals surface area contributed by atoms with Crippen molar-refractivity contribution < 1.29 is 4.79 Å². The van der Waals surface area contributed by atoms with E-state index in [4.69, 9.17) is 0 Å². The van der Waals surface area contributed by atoms with Crippen LogP contribution in [0.25, 0.3) is 10.2 Å². The number of amides is 1. The fourth-order valence-corrected chi connectivity index (χ4v) is 5.57. The van der Waals surface area contributed by atoms with Crippen LogP contribution in [0.15, 0.2) is 64.1 Å². The fourth-order valence-electron chi connectivity index (χ4n) is 2.74. The molecule has 0 aliphatic carbocycles. The Kier molecular flexibility index (Phi) is 6.48. The van der Waals surface area contributed by atoms with Crippen molar-refractivity contribution >= 4 is 56.7 Å². The molecule has 1 N–H and O–H groups in total. The molecule has 0 saturated carbocycles. The van der Waals surface area contributed by atoms with Crippen molar-refractivity contribution in [3.05, 3.63) is 60.4 Å². The van der Waals surface area contributed by atoms with Gasteiger partial charge in [0.15, 0.2) is 9.50 Å². The highest BCUT2D eigenvalue weighted by atomic mass is 32.2. The molecule has 0 saturated heterocycles. The van der Waals surface area contributed by atoms with Gasteiger partial charge in [-0.1, -0.05) is 53.9 Å². The number of hydrogen-bond donors (Lipinski definition) is 1. The van der Waals surface area contributed by atoms with Crippen LogP contribution in [0.2, 0.25) is 0 Å². The van der Waals surface area contributed by atoms with Crippen LogP contribution in [0.4, 0.5) is 5.69 Å². The molecule has 0 aliphatic heterocycles. The standard InChI is InChI=1S/C20H19N5OS3/c1-2-25-17(12-28-20-22-15-10-6-7-11-16(15)29-20)23-24-19(25)27-13-18(26)21-14-8-4-3-5-9-14/h3-11H,2,12-13H2,1H3,(H,21,26). The first-order valence-electron chi connectivity index (χ1n) is 9.11. The third-order valence-electron chi connectivity index (χ3n) is 4.10. The van der Waals surface area contributed by atoms with Gasteiger partial charge < -0.3 is 9.88 Å². The molecule has 29 heavy (non-hydrogen) atoms. The van der Waals surface area contributed by atoms with E-state index in [-0.39, 0.29) is 11.7 Å². The average molecular weight is 442 g/mol. The summed E-state index contributed by atoms with van der Waals surface area (Å²) in [7, 11) is 0. The van der Waals surface area contributed by atoms with Gasteiger partial charge in [0.25, 0.3) is 0 Å². The highest BCUT2D eigenvalue weighted by molar-refractivity contribution is 8.00. The zero-order chi connectivity index (χ0) is 20.1. The molecule has 2 aromatic heterocycles. The molecule has 0 radical (unpaired) electrons. The monoisotopic (exact) mass is 441 g/mol. The summed E-state index contributed by atoms with van der Waals surface area (Å²) < 4.78 is 4.27.